The number of halogens is 2. The van der Waals surface area contributed by atoms with E-state index in [0.717, 1.165) is 12.3 Å². The third-order valence-electron chi connectivity index (χ3n) is 1.81. The van der Waals surface area contributed by atoms with Crippen molar-refractivity contribution in [3.05, 3.63) is 29.1 Å². The SMILES string of the molecule is CCOC(=O)c1ccnc(C#N)c1C(F)F. The highest BCUT2D eigenvalue weighted by Crippen LogP contribution is 2.25. The summed E-state index contributed by atoms with van der Waals surface area (Å²) in [5.74, 6) is -0.878. The van der Waals surface area contributed by atoms with Crippen molar-refractivity contribution in [2.24, 2.45) is 0 Å². The molecule has 16 heavy (non-hydrogen) atoms. The van der Waals surface area contributed by atoms with Crippen molar-refractivity contribution in [3.8, 4) is 6.07 Å². The molecule has 0 saturated heterocycles. The van der Waals surface area contributed by atoms with E-state index in [-0.39, 0.29) is 12.2 Å². The van der Waals surface area contributed by atoms with Crippen LogP contribution in [0.1, 0.15) is 35.0 Å². The lowest BCUT2D eigenvalue weighted by Crippen LogP contribution is -2.10. The minimum absolute atomic E-state index is 0.0751. The maximum absolute atomic E-state index is 12.7. The standard InChI is InChI=1S/C10H8F2N2O2/c1-2-16-10(15)6-3-4-14-7(5-13)8(6)9(11)12/h3-4,9H,2H2,1H3. The van der Waals surface area contributed by atoms with Crippen molar-refractivity contribution in [2.75, 3.05) is 6.61 Å². The highest BCUT2D eigenvalue weighted by molar-refractivity contribution is 5.91. The molecule has 0 atom stereocenters. The summed E-state index contributed by atoms with van der Waals surface area (Å²) in [6, 6.07) is 2.63. The number of rotatable bonds is 3. The van der Waals surface area contributed by atoms with E-state index < -0.39 is 23.7 Å². The second-order valence-electron chi connectivity index (χ2n) is 2.75. The minimum atomic E-state index is -2.94. The Bertz CT molecular complexity index is 441. The fraction of sp³-hybridized carbons (Fsp3) is 0.300. The summed E-state index contributed by atoms with van der Waals surface area (Å²) in [5, 5.41) is 8.61. The number of esters is 1. The molecule has 0 spiro atoms. The highest BCUT2D eigenvalue weighted by Gasteiger charge is 2.23. The summed E-state index contributed by atoms with van der Waals surface area (Å²) < 4.78 is 30.0. The molecule has 0 saturated carbocycles. The Hall–Kier alpha value is -2.03. The lowest BCUT2D eigenvalue weighted by atomic mass is 10.1. The number of alkyl halides is 2. The van der Waals surface area contributed by atoms with Gasteiger partial charge in [-0.3, -0.25) is 0 Å². The van der Waals surface area contributed by atoms with Gasteiger partial charge in [0.25, 0.3) is 6.43 Å². The predicted molar refractivity (Wildman–Crippen MR) is 49.9 cm³/mol. The predicted octanol–water partition coefficient (Wildman–Crippen LogP) is 2.07. The van der Waals surface area contributed by atoms with Crippen molar-refractivity contribution in [2.45, 2.75) is 13.3 Å². The van der Waals surface area contributed by atoms with E-state index in [4.69, 9.17) is 5.26 Å². The monoisotopic (exact) mass is 226 g/mol. The molecule has 0 aliphatic heterocycles. The zero-order valence-corrected chi connectivity index (χ0v) is 8.41. The van der Waals surface area contributed by atoms with Crippen molar-refractivity contribution in [1.82, 2.24) is 4.98 Å². The van der Waals surface area contributed by atoms with Crippen LogP contribution in [-0.2, 0) is 4.74 Å². The number of carbonyl (C=O) groups excluding carboxylic acids is 1. The van der Waals surface area contributed by atoms with Crippen molar-refractivity contribution in [1.29, 1.82) is 5.26 Å². The third kappa shape index (κ3) is 2.31. The number of hydrogen-bond acceptors (Lipinski definition) is 4. The Morgan fingerprint density at radius 1 is 1.69 bits per heavy atom. The second kappa shape index (κ2) is 5.16. The Balaban J connectivity index is 3.29. The molecule has 1 aromatic rings. The molecule has 0 radical (unpaired) electrons. The number of aromatic nitrogens is 1. The molecule has 84 valence electrons. The van der Waals surface area contributed by atoms with Gasteiger partial charge in [0.05, 0.1) is 17.7 Å². The fourth-order valence-electron chi connectivity index (χ4n) is 1.17. The van der Waals surface area contributed by atoms with Crippen LogP contribution in [0.4, 0.5) is 8.78 Å². The molecule has 0 amide bonds. The molecule has 4 nitrogen and oxygen atoms in total. The zero-order valence-electron chi connectivity index (χ0n) is 8.41. The molecule has 1 aromatic heterocycles. The Morgan fingerprint density at radius 3 is 2.88 bits per heavy atom. The molecular formula is C10H8F2N2O2. The van der Waals surface area contributed by atoms with Gasteiger partial charge >= 0.3 is 5.97 Å². The number of nitriles is 1. The van der Waals surface area contributed by atoms with E-state index in [1.165, 1.54) is 6.07 Å². The molecule has 0 aliphatic rings. The maximum atomic E-state index is 12.7. The van der Waals surface area contributed by atoms with E-state index in [0.29, 0.717) is 0 Å². The van der Waals surface area contributed by atoms with Gasteiger partial charge in [-0.2, -0.15) is 5.26 Å². The summed E-state index contributed by atoms with van der Waals surface area (Å²) in [6.45, 7) is 1.64. The molecular weight excluding hydrogens is 218 g/mol. The van der Waals surface area contributed by atoms with Gasteiger partial charge in [-0.25, -0.2) is 18.6 Å². The first kappa shape index (κ1) is 12.0. The van der Waals surface area contributed by atoms with Crippen molar-refractivity contribution in [3.63, 3.8) is 0 Å². The lowest BCUT2D eigenvalue weighted by molar-refractivity contribution is 0.0515. The second-order valence-corrected chi connectivity index (χ2v) is 2.75. The topological polar surface area (TPSA) is 63.0 Å². The van der Waals surface area contributed by atoms with E-state index in [9.17, 15) is 13.6 Å². The van der Waals surface area contributed by atoms with Crippen LogP contribution in [0.3, 0.4) is 0 Å². The van der Waals surface area contributed by atoms with Crippen LogP contribution >= 0.6 is 0 Å². The zero-order chi connectivity index (χ0) is 12.1. The molecule has 0 aromatic carbocycles. The third-order valence-corrected chi connectivity index (χ3v) is 1.81. The van der Waals surface area contributed by atoms with Crippen LogP contribution in [0.2, 0.25) is 0 Å². The summed E-state index contributed by atoms with van der Waals surface area (Å²) in [4.78, 5) is 14.8. The molecule has 6 heteroatoms. The molecule has 0 aliphatic carbocycles. The average Bonchev–Trinajstić information content (AvgIpc) is 2.28. The van der Waals surface area contributed by atoms with E-state index in [1.807, 2.05) is 0 Å². The Morgan fingerprint density at radius 2 is 2.38 bits per heavy atom. The summed E-state index contributed by atoms with van der Waals surface area (Å²) in [5.41, 5.74) is -1.45. The van der Waals surface area contributed by atoms with Crippen molar-refractivity contribution >= 4 is 5.97 Å². The lowest BCUT2D eigenvalue weighted by Gasteiger charge is -2.08. The molecule has 0 bridgehead atoms. The van der Waals surface area contributed by atoms with Crippen molar-refractivity contribution < 1.29 is 18.3 Å². The number of ether oxygens (including phenoxy) is 1. The number of nitrogens with zero attached hydrogens (tertiary/aromatic N) is 2. The highest BCUT2D eigenvalue weighted by atomic mass is 19.3. The normalized spacial score (nSPS) is 9.94. The van der Waals surface area contributed by atoms with Gasteiger partial charge in [0.1, 0.15) is 11.8 Å². The minimum Gasteiger partial charge on any atom is -0.462 e. The quantitative estimate of drug-likeness (QED) is 0.740. The van der Waals surface area contributed by atoms with Crippen LogP contribution in [-0.4, -0.2) is 17.6 Å². The van der Waals surface area contributed by atoms with Gasteiger partial charge in [-0.15, -0.1) is 0 Å². The van der Waals surface area contributed by atoms with Gasteiger partial charge in [-0.05, 0) is 13.0 Å². The average molecular weight is 226 g/mol. The number of hydrogen-bond donors (Lipinski definition) is 0. The summed E-state index contributed by atoms with van der Waals surface area (Å²) in [7, 11) is 0. The molecule has 1 heterocycles. The van der Waals surface area contributed by atoms with Gasteiger partial charge < -0.3 is 4.74 Å². The molecule has 1 rings (SSSR count). The van der Waals surface area contributed by atoms with Crippen LogP contribution in [0.25, 0.3) is 0 Å². The molecule has 0 unspecified atom stereocenters. The van der Waals surface area contributed by atoms with Crippen LogP contribution < -0.4 is 0 Å². The Kier molecular flexibility index (Phi) is 3.89. The Labute approximate surface area is 90.5 Å². The van der Waals surface area contributed by atoms with E-state index in [2.05, 4.69) is 9.72 Å². The smallest absolute Gasteiger partial charge is 0.338 e. The largest absolute Gasteiger partial charge is 0.462 e. The van der Waals surface area contributed by atoms with Crippen LogP contribution in [0, 0.1) is 11.3 Å². The fourth-order valence-corrected chi connectivity index (χ4v) is 1.17. The molecule has 0 N–H and O–H groups in total. The van der Waals surface area contributed by atoms with Gasteiger partial charge in [0.2, 0.25) is 0 Å². The number of carbonyl (C=O) groups is 1. The van der Waals surface area contributed by atoms with Gasteiger partial charge in [0, 0.05) is 6.20 Å². The first-order valence-corrected chi connectivity index (χ1v) is 4.46. The molecule has 0 fully saturated rings. The number of pyridine rings is 1. The van der Waals surface area contributed by atoms with Crippen LogP contribution in [0.15, 0.2) is 12.3 Å². The van der Waals surface area contributed by atoms with E-state index in [1.54, 1.807) is 6.92 Å². The van der Waals surface area contributed by atoms with Gasteiger partial charge in [0.15, 0.2) is 0 Å². The summed E-state index contributed by atoms with van der Waals surface area (Å²) >= 11 is 0. The first-order chi connectivity index (χ1) is 7.61. The van der Waals surface area contributed by atoms with Gasteiger partial charge in [-0.1, -0.05) is 0 Å². The van der Waals surface area contributed by atoms with E-state index >= 15 is 0 Å². The van der Waals surface area contributed by atoms with Crippen LogP contribution in [0.5, 0.6) is 0 Å². The summed E-state index contributed by atoms with van der Waals surface area (Å²) in [6.07, 6.45) is -1.82. The maximum Gasteiger partial charge on any atom is 0.338 e. The first-order valence-electron chi connectivity index (χ1n) is 4.46.